The summed E-state index contributed by atoms with van der Waals surface area (Å²) >= 11 is 0. The van der Waals surface area contributed by atoms with Crippen LogP contribution >= 0.6 is 0 Å². The van der Waals surface area contributed by atoms with Gasteiger partial charge in [0.05, 0.1) is 12.7 Å². The van der Waals surface area contributed by atoms with E-state index in [9.17, 15) is 17.8 Å². The smallest absolute Gasteiger partial charge is 0.726 e. The molecule has 0 aliphatic carbocycles. The molecule has 0 saturated carbocycles. The van der Waals surface area contributed by atoms with Gasteiger partial charge in [-0.15, -0.1) is 0 Å². The molecule has 0 N–H and O–H groups in total. The van der Waals surface area contributed by atoms with E-state index in [1.54, 1.807) is 0 Å². The summed E-state index contributed by atoms with van der Waals surface area (Å²) in [5.41, 5.74) is 0. The number of ether oxygens (including phenoxy) is 1. The van der Waals surface area contributed by atoms with Crippen LogP contribution in [0.3, 0.4) is 0 Å². The molecule has 0 aromatic rings. The zero-order valence-electron chi connectivity index (χ0n) is 19.7. The van der Waals surface area contributed by atoms with Crippen LogP contribution in [0.25, 0.3) is 0 Å². The SMILES string of the molecule is CCCCCCCCC(CCCCCCCCC(=O)OCCCC)OS(=O)(=O)[O-].[Na+]. The Morgan fingerprint density at radius 3 is 1.73 bits per heavy atom. The minimum Gasteiger partial charge on any atom is -0.726 e. The van der Waals surface area contributed by atoms with E-state index in [2.05, 4.69) is 13.8 Å². The van der Waals surface area contributed by atoms with Gasteiger partial charge in [0.1, 0.15) is 0 Å². The molecule has 0 aliphatic rings. The van der Waals surface area contributed by atoms with Crippen molar-refractivity contribution >= 4 is 16.4 Å². The average molecular weight is 459 g/mol. The van der Waals surface area contributed by atoms with Gasteiger partial charge in [0.2, 0.25) is 10.4 Å². The number of carbonyl (C=O) groups is 1. The molecule has 0 spiro atoms. The van der Waals surface area contributed by atoms with Gasteiger partial charge in [-0.1, -0.05) is 90.9 Å². The quantitative estimate of drug-likeness (QED) is 0.0863. The summed E-state index contributed by atoms with van der Waals surface area (Å²) < 4.78 is 42.7. The summed E-state index contributed by atoms with van der Waals surface area (Å²) in [6.45, 7) is 4.76. The molecule has 0 aromatic heterocycles. The second kappa shape index (κ2) is 22.5. The molecule has 0 aromatic carbocycles. The average Bonchev–Trinajstić information content (AvgIpc) is 2.65. The molecule has 1 atom stereocenters. The fourth-order valence-electron chi connectivity index (χ4n) is 3.31. The summed E-state index contributed by atoms with van der Waals surface area (Å²) in [7, 11) is -4.64. The van der Waals surface area contributed by atoms with Gasteiger partial charge in [-0.2, -0.15) is 0 Å². The standard InChI is InChI=1S/C22H44O6S.Na/c1-3-5-7-8-11-14-17-21(28-29(24,25)26)18-15-12-9-10-13-16-19-22(23)27-20-6-4-2;/h21H,3-20H2,1-2H3,(H,24,25,26);/q;+1/p-1. The summed E-state index contributed by atoms with van der Waals surface area (Å²) in [5.74, 6) is -0.105. The van der Waals surface area contributed by atoms with Crippen molar-refractivity contribution in [2.24, 2.45) is 0 Å². The van der Waals surface area contributed by atoms with E-state index >= 15 is 0 Å². The van der Waals surface area contributed by atoms with Gasteiger partial charge in [0.15, 0.2) is 0 Å². The zero-order valence-corrected chi connectivity index (χ0v) is 22.5. The molecule has 0 bridgehead atoms. The minimum absolute atomic E-state index is 0. The van der Waals surface area contributed by atoms with Gasteiger partial charge < -0.3 is 9.29 Å². The Labute approximate surface area is 207 Å². The Bertz CT molecular complexity index is 484. The van der Waals surface area contributed by atoms with Crippen molar-refractivity contribution in [1.82, 2.24) is 0 Å². The van der Waals surface area contributed by atoms with Crippen LogP contribution in [0, 0.1) is 0 Å². The van der Waals surface area contributed by atoms with E-state index in [1.807, 2.05) is 0 Å². The molecule has 0 heterocycles. The van der Waals surface area contributed by atoms with Crippen molar-refractivity contribution in [1.29, 1.82) is 0 Å². The molecule has 0 rings (SSSR count). The number of rotatable bonds is 21. The van der Waals surface area contributed by atoms with Crippen LogP contribution < -0.4 is 29.6 Å². The number of esters is 1. The topological polar surface area (TPSA) is 92.7 Å². The van der Waals surface area contributed by atoms with Gasteiger partial charge >= 0.3 is 35.5 Å². The normalized spacial score (nSPS) is 12.4. The summed E-state index contributed by atoms with van der Waals surface area (Å²) in [4.78, 5) is 11.5. The molecule has 0 saturated heterocycles. The second-order valence-corrected chi connectivity index (χ2v) is 8.93. The van der Waals surface area contributed by atoms with Crippen LogP contribution in [0.2, 0.25) is 0 Å². The van der Waals surface area contributed by atoms with Crippen molar-refractivity contribution in [2.75, 3.05) is 6.61 Å². The molecule has 0 radical (unpaired) electrons. The monoisotopic (exact) mass is 458 g/mol. The van der Waals surface area contributed by atoms with Gasteiger partial charge in [0, 0.05) is 6.42 Å². The van der Waals surface area contributed by atoms with E-state index < -0.39 is 16.5 Å². The molecule has 0 fully saturated rings. The fraction of sp³-hybridized carbons (Fsp3) is 0.955. The second-order valence-electron chi connectivity index (χ2n) is 7.92. The number of hydrogen-bond acceptors (Lipinski definition) is 6. The van der Waals surface area contributed by atoms with E-state index in [0.717, 1.165) is 70.6 Å². The van der Waals surface area contributed by atoms with E-state index in [4.69, 9.17) is 8.92 Å². The largest absolute Gasteiger partial charge is 1.00 e. The molecule has 0 amide bonds. The number of unbranched alkanes of at least 4 members (excludes halogenated alkanes) is 11. The van der Waals surface area contributed by atoms with Crippen LogP contribution in [0.4, 0.5) is 0 Å². The molecule has 1 unspecified atom stereocenters. The first-order valence-corrected chi connectivity index (χ1v) is 13.0. The molecule has 174 valence electrons. The summed E-state index contributed by atoms with van der Waals surface area (Å²) in [5, 5.41) is 0. The Balaban J connectivity index is 0. The van der Waals surface area contributed by atoms with Crippen LogP contribution in [-0.4, -0.2) is 31.7 Å². The summed E-state index contributed by atoms with van der Waals surface area (Å²) in [6.07, 6.45) is 15.7. The molecule has 0 aliphatic heterocycles. The van der Waals surface area contributed by atoms with Crippen LogP contribution in [0.5, 0.6) is 0 Å². The minimum atomic E-state index is -4.64. The Morgan fingerprint density at radius 1 is 0.767 bits per heavy atom. The molecule has 8 heteroatoms. The molecule has 6 nitrogen and oxygen atoms in total. The van der Waals surface area contributed by atoms with Crippen molar-refractivity contribution in [2.45, 2.75) is 129 Å². The van der Waals surface area contributed by atoms with Crippen molar-refractivity contribution < 1.29 is 56.2 Å². The Hall–Kier alpha value is 0.340. The molecule has 30 heavy (non-hydrogen) atoms. The maximum atomic E-state index is 11.5. The third-order valence-corrected chi connectivity index (χ3v) is 5.56. The van der Waals surface area contributed by atoms with E-state index in [0.29, 0.717) is 25.9 Å². The first-order chi connectivity index (χ1) is 13.9. The summed E-state index contributed by atoms with van der Waals surface area (Å²) in [6, 6.07) is 0. The number of carbonyl (C=O) groups excluding carboxylic acids is 1. The van der Waals surface area contributed by atoms with E-state index in [1.165, 1.54) is 19.3 Å². The third kappa shape index (κ3) is 24.6. The molecular formula is C22H43NaO6S. The predicted octanol–water partition coefficient (Wildman–Crippen LogP) is 3.05. The van der Waals surface area contributed by atoms with Crippen LogP contribution in [0.15, 0.2) is 0 Å². The van der Waals surface area contributed by atoms with Crippen molar-refractivity contribution in [3.63, 3.8) is 0 Å². The third-order valence-electron chi connectivity index (χ3n) is 5.05. The first-order valence-electron chi connectivity index (χ1n) is 11.7. The first kappa shape index (κ1) is 32.5. The Morgan fingerprint density at radius 2 is 1.23 bits per heavy atom. The van der Waals surface area contributed by atoms with Gasteiger partial charge in [0.25, 0.3) is 0 Å². The maximum absolute atomic E-state index is 11.5. The van der Waals surface area contributed by atoms with Crippen molar-refractivity contribution in [3.05, 3.63) is 0 Å². The van der Waals surface area contributed by atoms with Gasteiger partial charge in [-0.3, -0.25) is 8.98 Å². The Kier molecular flexibility index (Phi) is 24.4. The molecular weight excluding hydrogens is 415 g/mol. The van der Waals surface area contributed by atoms with Crippen LogP contribution in [-0.2, 0) is 24.1 Å². The number of hydrogen-bond donors (Lipinski definition) is 0. The van der Waals surface area contributed by atoms with Gasteiger partial charge in [-0.05, 0) is 25.7 Å². The van der Waals surface area contributed by atoms with Crippen molar-refractivity contribution in [3.8, 4) is 0 Å². The van der Waals surface area contributed by atoms with E-state index in [-0.39, 0.29) is 35.5 Å². The predicted molar refractivity (Wildman–Crippen MR) is 115 cm³/mol. The maximum Gasteiger partial charge on any atom is 1.00 e. The zero-order chi connectivity index (χ0) is 21.8. The van der Waals surface area contributed by atoms with Gasteiger partial charge in [-0.25, -0.2) is 8.42 Å². The van der Waals surface area contributed by atoms with Crippen LogP contribution in [0.1, 0.15) is 123 Å². The fourth-order valence-corrected chi connectivity index (χ4v) is 3.84.